The quantitative estimate of drug-likeness (QED) is 0.489. The minimum Gasteiger partial charge on any atom is -0.496 e. The van der Waals surface area contributed by atoms with Crippen LogP contribution in [0.5, 0.6) is 28.7 Å². The summed E-state index contributed by atoms with van der Waals surface area (Å²) in [4.78, 5) is 15.6. The first kappa shape index (κ1) is 23.3. The smallest absolute Gasteiger partial charge is 0.258 e. The molecule has 1 aliphatic rings. The van der Waals surface area contributed by atoms with Crippen LogP contribution in [-0.2, 0) is 6.42 Å². The Morgan fingerprint density at radius 3 is 2.06 bits per heavy atom. The summed E-state index contributed by atoms with van der Waals surface area (Å²) in [5.74, 6) is 2.93. The number of carbonyl (C=O) groups excluding carboxylic acids is 1. The summed E-state index contributed by atoms with van der Waals surface area (Å²) in [5, 5.41) is 0. The molecule has 178 valence electrons. The van der Waals surface area contributed by atoms with Gasteiger partial charge in [-0.25, -0.2) is 0 Å². The first-order valence-electron chi connectivity index (χ1n) is 11.1. The van der Waals surface area contributed by atoms with Gasteiger partial charge < -0.3 is 28.6 Å². The highest BCUT2D eigenvalue weighted by molar-refractivity contribution is 5.97. The van der Waals surface area contributed by atoms with Gasteiger partial charge >= 0.3 is 0 Å². The lowest BCUT2D eigenvalue weighted by Crippen LogP contribution is -2.42. The van der Waals surface area contributed by atoms with Gasteiger partial charge in [-0.15, -0.1) is 0 Å². The van der Waals surface area contributed by atoms with Gasteiger partial charge in [0.05, 0.1) is 40.0 Å². The van der Waals surface area contributed by atoms with Gasteiger partial charge in [-0.05, 0) is 53.9 Å². The average Bonchev–Trinajstić information content (AvgIpc) is 2.90. The van der Waals surface area contributed by atoms with Crippen molar-refractivity contribution in [2.45, 2.75) is 12.5 Å². The van der Waals surface area contributed by atoms with Crippen molar-refractivity contribution in [2.75, 3.05) is 41.6 Å². The lowest BCUT2D eigenvalue weighted by atomic mass is 9.91. The number of benzene rings is 3. The molecule has 3 aromatic carbocycles. The van der Waals surface area contributed by atoms with Crippen LogP contribution in [0.1, 0.15) is 27.5 Å². The molecule has 0 fully saturated rings. The highest BCUT2D eigenvalue weighted by Gasteiger charge is 2.34. The molecule has 1 heterocycles. The molecule has 7 heteroatoms. The van der Waals surface area contributed by atoms with Crippen LogP contribution in [-0.4, -0.2) is 52.4 Å². The van der Waals surface area contributed by atoms with Gasteiger partial charge in [0.25, 0.3) is 5.91 Å². The van der Waals surface area contributed by atoms with E-state index >= 15 is 0 Å². The molecule has 0 unspecified atom stereocenters. The number of rotatable bonds is 8. The normalized spacial score (nSPS) is 14.7. The summed E-state index contributed by atoms with van der Waals surface area (Å²) in [6, 6.07) is 18.3. The minimum absolute atomic E-state index is 0.119. The molecule has 34 heavy (non-hydrogen) atoms. The molecule has 3 aromatic rings. The van der Waals surface area contributed by atoms with E-state index in [4.69, 9.17) is 23.7 Å². The van der Waals surface area contributed by atoms with E-state index in [1.807, 2.05) is 53.4 Å². The van der Waals surface area contributed by atoms with Crippen molar-refractivity contribution in [3.05, 3.63) is 77.4 Å². The van der Waals surface area contributed by atoms with E-state index in [0.29, 0.717) is 47.3 Å². The Morgan fingerprint density at radius 2 is 1.38 bits per heavy atom. The van der Waals surface area contributed by atoms with Crippen molar-refractivity contribution in [1.82, 2.24) is 4.90 Å². The number of nitrogens with zero attached hydrogens (tertiary/aromatic N) is 1. The molecule has 0 bridgehead atoms. The van der Waals surface area contributed by atoms with Crippen LogP contribution in [0, 0.1) is 0 Å². The second-order valence-corrected chi connectivity index (χ2v) is 7.83. The highest BCUT2D eigenvalue weighted by atomic mass is 16.5. The molecular weight excluding hydrogens is 434 g/mol. The molecule has 0 spiro atoms. The summed E-state index contributed by atoms with van der Waals surface area (Å²) >= 11 is 0. The highest BCUT2D eigenvalue weighted by Crippen LogP contribution is 2.40. The molecule has 0 saturated heterocycles. The van der Waals surface area contributed by atoms with Crippen molar-refractivity contribution >= 4 is 5.91 Å². The van der Waals surface area contributed by atoms with E-state index in [0.717, 1.165) is 11.1 Å². The van der Waals surface area contributed by atoms with Gasteiger partial charge in [0.2, 0.25) is 0 Å². The number of amides is 1. The SMILES string of the molecule is COc1cc2c(cc1OC)[C@H](COc1ccccc1OC)N(C(=O)c1ccccc1OC)CC2. The summed E-state index contributed by atoms with van der Waals surface area (Å²) in [6.45, 7) is 0.767. The van der Waals surface area contributed by atoms with Crippen LogP contribution >= 0.6 is 0 Å². The predicted octanol–water partition coefficient (Wildman–Crippen LogP) is 4.54. The number of ether oxygens (including phenoxy) is 5. The Morgan fingerprint density at radius 1 is 0.794 bits per heavy atom. The van der Waals surface area contributed by atoms with Crippen LogP contribution < -0.4 is 23.7 Å². The molecule has 0 aromatic heterocycles. The lowest BCUT2D eigenvalue weighted by Gasteiger charge is -2.38. The Bertz CT molecular complexity index is 1160. The number of fused-ring (bicyclic) bond motifs is 1. The van der Waals surface area contributed by atoms with Crippen LogP contribution in [0.3, 0.4) is 0 Å². The molecule has 1 amide bonds. The maximum Gasteiger partial charge on any atom is 0.258 e. The zero-order chi connectivity index (χ0) is 24.1. The van der Waals surface area contributed by atoms with Gasteiger partial charge in [-0.2, -0.15) is 0 Å². The summed E-state index contributed by atoms with van der Waals surface area (Å²) in [7, 11) is 6.39. The summed E-state index contributed by atoms with van der Waals surface area (Å²) in [5.41, 5.74) is 2.56. The molecule has 0 radical (unpaired) electrons. The third kappa shape index (κ3) is 4.46. The van der Waals surface area contributed by atoms with Gasteiger partial charge in [-0.3, -0.25) is 4.79 Å². The van der Waals surface area contributed by atoms with E-state index in [1.165, 1.54) is 0 Å². The minimum atomic E-state index is -0.356. The maximum absolute atomic E-state index is 13.7. The fourth-order valence-electron chi connectivity index (χ4n) is 4.33. The van der Waals surface area contributed by atoms with Gasteiger partial charge in [0.1, 0.15) is 12.4 Å². The first-order chi connectivity index (χ1) is 16.6. The molecule has 0 saturated carbocycles. The van der Waals surface area contributed by atoms with Crippen LogP contribution in [0.2, 0.25) is 0 Å². The number of carbonyl (C=O) groups is 1. The molecule has 1 atom stereocenters. The first-order valence-corrected chi connectivity index (χ1v) is 11.1. The second kappa shape index (κ2) is 10.4. The Labute approximate surface area is 199 Å². The van der Waals surface area contributed by atoms with E-state index in [-0.39, 0.29) is 18.6 Å². The van der Waals surface area contributed by atoms with Crippen molar-refractivity contribution < 1.29 is 28.5 Å². The van der Waals surface area contributed by atoms with Gasteiger partial charge in [-0.1, -0.05) is 24.3 Å². The maximum atomic E-state index is 13.7. The van der Waals surface area contributed by atoms with Gasteiger partial charge in [0.15, 0.2) is 23.0 Å². The largest absolute Gasteiger partial charge is 0.496 e. The van der Waals surface area contributed by atoms with E-state index < -0.39 is 0 Å². The summed E-state index contributed by atoms with van der Waals surface area (Å²) < 4.78 is 28.2. The zero-order valence-electron chi connectivity index (χ0n) is 19.9. The standard InChI is InChI=1S/C27H29NO6/c1-30-22-10-6-5-9-19(22)27(29)28-14-13-18-15-25(32-3)26(33-4)16-20(18)21(28)17-34-24-12-8-7-11-23(24)31-2/h5-12,15-16,21H,13-14,17H2,1-4H3/t21-/m0/s1. The second-order valence-electron chi connectivity index (χ2n) is 7.83. The lowest BCUT2D eigenvalue weighted by molar-refractivity contribution is 0.0584. The molecule has 0 N–H and O–H groups in total. The number of methoxy groups -OCH3 is 4. The molecule has 4 rings (SSSR count). The Kier molecular flexibility index (Phi) is 7.11. The van der Waals surface area contributed by atoms with Crippen molar-refractivity contribution in [2.24, 2.45) is 0 Å². The van der Waals surface area contributed by atoms with E-state index in [1.54, 1.807) is 40.6 Å². The van der Waals surface area contributed by atoms with E-state index in [2.05, 4.69) is 0 Å². The third-order valence-electron chi connectivity index (χ3n) is 6.07. The van der Waals surface area contributed by atoms with Crippen molar-refractivity contribution in [3.8, 4) is 28.7 Å². The molecule has 7 nitrogen and oxygen atoms in total. The van der Waals surface area contributed by atoms with Crippen LogP contribution in [0.15, 0.2) is 60.7 Å². The Balaban J connectivity index is 1.74. The zero-order valence-corrected chi connectivity index (χ0v) is 19.9. The summed E-state index contributed by atoms with van der Waals surface area (Å²) in [6.07, 6.45) is 0.682. The van der Waals surface area contributed by atoms with Crippen molar-refractivity contribution in [3.63, 3.8) is 0 Å². The number of para-hydroxylation sites is 3. The van der Waals surface area contributed by atoms with Gasteiger partial charge in [0, 0.05) is 6.54 Å². The molecule has 1 aliphatic heterocycles. The molecular formula is C27H29NO6. The topological polar surface area (TPSA) is 66.5 Å². The predicted molar refractivity (Wildman–Crippen MR) is 129 cm³/mol. The Hall–Kier alpha value is -3.87. The third-order valence-corrected chi connectivity index (χ3v) is 6.07. The van der Waals surface area contributed by atoms with Crippen LogP contribution in [0.4, 0.5) is 0 Å². The number of hydrogen-bond acceptors (Lipinski definition) is 6. The van der Waals surface area contributed by atoms with E-state index in [9.17, 15) is 4.79 Å². The molecule has 0 aliphatic carbocycles. The van der Waals surface area contributed by atoms with Crippen molar-refractivity contribution in [1.29, 1.82) is 0 Å². The average molecular weight is 464 g/mol. The fraction of sp³-hybridized carbons (Fsp3) is 0.296. The monoisotopic (exact) mass is 463 g/mol. The number of hydrogen-bond donors (Lipinski definition) is 0. The van der Waals surface area contributed by atoms with Crippen LogP contribution in [0.25, 0.3) is 0 Å². The fourth-order valence-corrected chi connectivity index (χ4v) is 4.33.